The maximum Gasteiger partial charge on any atom is 0.228 e. The van der Waals surface area contributed by atoms with Gasteiger partial charge in [0.1, 0.15) is 0 Å². The number of carbonyl (C=O) groups excluding carboxylic acids is 1. The number of para-hydroxylation sites is 1. The normalized spacial score (nSPS) is 13.5. The standard InChI is InChI=1S/C25H26N6O/c1-30-17-18(22-6-2-3-7-23(22)30)14-25(32)28-20-10-8-19(9-11-20)27-24-15-21(16-26-29-24)31-12-4-5-13-31/h2-3,6-11,15-17H,4-5,12-14H2,1H3,(H,27,29)(H,28,32). The second kappa shape index (κ2) is 8.70. The number of nitrogens with zero attached hydrogens (tertiary/aromatic N) is 4. The van der Waals surface area contributed by atoms with Gasteiger partial charge in [0.05, 0.1) is 18.3 Å². The first-order valence-electron chi connectivity index (χ1n) is 10.9. The van der Waals surface area contributed by atoms with Gasteiger partial charge in [-0.25, -0.2) is 0 Å². The number of aromatic nitrogens is 3. The first-order chi connectivity index (χ1) is 15.7. The lowest BCUT2D eigenvalue weighted by Crippen LogP contribution is -2.18. The van der Waals surface area contributed by atoms with Crippen LogP contribution in [0.5, 0.6) is 0 Å². The number of nitrogens with one attached hydrogen (secondary N) is 2. The summed E-state index contributed by atoms with van der Waals surface area (Å²) < 4.78 is 2.06. The molecule has 0 unspecified atom stereocenters. The van der Waals surface area contributed by atoms with E-state index in [1.54, 1.807) is 0 Å². The van der Waals surface area contributed by atoms with Crippen LogP contribution in [0, 0.1) is 0 Å². The molecule has 0 aliphatic carbocycles. The summed E-state index contributed by atoms with van der Waals surface area (Å²) in [5.41, 5.74) is 4.90. The van der Waals surface area contributed by atoms with Gasteiger partial charge in [-0.1, -0.05) is 18.2 Å². The molecule has 1 fully saturated rings. The van der Waals surface area contributed by atoms with Crippen molar-refractivity contribution in [3.05, 3.63) is 72.6 Å². The molecule has 1 amide bonds. The predicted octanol–water partition coefficient (Wildman–Crippen LogP) is 4.49. The lowest BCUT2D eigenvalue weighted by atomic mass is 10.1. The predicted molar refractivity (Wildman–Crippen MR) is 128 cm³/mol. The van der Waals surface area contributed by atoms with Gasteiger partial charge >= 0.3 is 0 Å². The lowest BCUT2D eigenvalue weighted by molar-refractivity contribution is -0.115. The van der Waals surface area contributed by atoms with Crippen molar-refractivity contribution in [1.82, 2.24) is 14.8 Å². The Morgan fingerprint density at radius 2 is 1.78 bits per heavy atom. The summed E-state index contributed by atoms with van der Waals surface area (Å²) in [7, 11) is 2.00. The molecular weight excluding hydrogens is 400 g/mol. The molecule has 0 radical (unpaired) electrons. The molecule has 0 spiro atoms. The molecule has 3 heterocycles. The van der Waals surface area contributed by atoms with Crippen molar-refractivity contribution in [3.63, 3.8) is 0 Å². The van der Waals surface area contributed by atoms with Gasteiger partial charge in [0.25, 0.3) is 0 Å². The molecule has 7 heteroatoms. The minimum atomic E-state index is -0.0359. The molecule has 0 saturated carbocycles. The highest BCUT2D eigenvalue weighted by Crippen LogP contribution is 2.24. The van der Waals surface area contributed by atoms with Gasteiger partial charge in [-0.3, -0.25) is 4.79 Å². The maximum atomic E-state index is 12.6. The number of aryl methyl sites for hydroxylation is 1. The van der Waals surface area contributed by atoms with E-state index in [1.807, 2.05) is 61.9 Å². The summed E-state index contributed by atoms with van der Waals surface area (Å²) in [6.45, 7) is 2.14. The van der Waals surface area contributed by atoms with Gasteiger partial charge in [0.2, 0.25) is 5.91 Å². The first kappa shape index (κ1) is 20.1. The highest BCUT2D eigenvalue weighted by Gasteiger charge is 2.14. The van der Waals surface area contributed by atoms with E-state index >= 15 is 0 Å². The second-order valence-electron chi connectivity index (χ2n) is 8.20. The Morgan fingerprint density at radius 3 is 2.59 bits per heavy atom. The molecule has 2 N–H and O–H groups in total. The number of rotatable bonds is 6. The highest BCUT2D eigenvalue weighted by atomic mass is 16.1. The van der Waals surface area contributed by atoms with Crippen molar-refractivity contribution < 1.29 is 4.79 Å². The van der Waals surface area contributed by atoms with E-state index in [0.717, 1.165) is 46.6 Å². The number of fused-ring (bicyclic) bond motifs is 1. The molecule has 0 bridgehead atoms. The van der Waals surface area contributed by atoms with Gasteiger partial charge in [0.15, 0.2) is 5.82 Å². The van der Waals surface area contributed by atoms with Gasteiger partial charge in [-0.2, -0.15) is 5.10 Å². The van der Waals surface area contributed by atoms with Gasteiger partial charge in [-0.05, 0) is 48.7 Å². The van der Waals surface area contributed by atoms with Crippen LogP contribution in [0.3, 0.4) is 0 Å². The summed E-state index contributed by atoms with van der Waals surface area (Å²) in [6.07, 6.45) is 6.61. The van der Waals surface area contributed by atoms with Crippen LogP contribution >= 0.6 is 0 Å². The Balaban J connectivity index is 1.22. The monoisotopic (exact) mass is 426 g/mol. The van der Waals surface area contributed by atoms with Crippen LogP contribution in [0.2, 0.25) is 0 Å². The van der Waals surface area contributed by atoms with E-state index in [4.69, 9.17) is 0 Å². The highest BCUT2D eigenvalue weighted by molar-refractivity contribution is 5.96. The van der Waals surface area contributed by atoms with Crippen molar-refractivity contribution in [2.24, 2.45) is 7.05 Å². The average Bonchev–Trinajstić information content (AvgIpc) is 3.45. The SMILES string of the molecule is Cn1cc(CC(=O)Nc2ccc(Nc3cc(N4CCCC4)cnn3)cc2)c2ccccc21. The fourth-order valence-corrected chi connectivity index (χ4v) is 4.30. The van der Waals surface area contributed by atoms with E-state index in [-0.39, 0.29) is 5.91 Å². The Kier molecular flexibility index (Phi) is 5.46. The third-order valence-corrected chi connectivity index (χ3v) is 5.88. The number of anilines is 4. The summed E-state index contributed by atoms with van der Waals surface area (Å²) in [6, 6.07) is 17.8. The molecule has 162 valence electrons. The van der Waals surface area contributed by atoms with Gasteiger partial charge < -0.3 is 20.1 Å². The Morgan fingerprint density at radius 1 is 1.03 bits per heavy atom. The molecule has 1 aliphatic rings. The number of amides is 1. The van der Waals surface area contributed by atoms with E-state index in [2.05, 4.69) is 42.4 Å². The molecule has 2 aromatic heterocycles. The third-order valence-electron chi connectivity index (χ3n) is 5.88. The summed E-state index contributed by atoms with van der Waals surface area (Å²) >= 11 is 0. The molecule has 1 saturated heterocycles. The van der Waals surface area contributed by atoms with Gasteiger partial charge in [0, 0.05) is 54.7 Å². The van der Waals surface area contributed by atoms with Crippen LogP contribution in [-0.2, 0) is 18.3 Å². The largest absolute Gasteiger partial charge is 0.370 e. The lowest BCUT2D eigenvalue weighted by Gasteiger charge is -2.17. The number of carbonyl (C=O) groups is 1. The fraction of sp³-hybridized carbons (Fsp3) is 0.240. The van der Waals surface area contributed by atoms with E-state index in [0.29, 0.717) is 12.2 Å². The van der Waals surface area contributed by atoms with E-state index in [9.17, 15) is 4.79 Å². The van der Waals surface area contributed by atoms with Crippen LogP contribution in [0.25, 0.3) is 10.9 Å². The molecule has 32 heavy (non-hydrogen) atoms. The zero-order chi connectivity index (χ0) is 21.9. The van der Waals surface area contributed by atoms with Crippen molar-refractivity contribution in [2.75, 3.05) is 28.6 Å². The van der Waals surface area contributed by atoms with Crippen LogP contribution in [-0.4, -0.2) is 33.8 Å². The minimum absolute atomic E-state index is 0.0359. The van der Waals surface area contributed by atoms with Crippen molar-refractivity contribution in [2.45, 2.75) is 19.3 Å². The van der Waals surface area contributed by atoms with E-state index < -0.39 is 0 Å². The Labute approximate surface area is 187 Å². The second-order valence-corrected chi connectivity index (χ2v) is 8.20. The minimum Gasteiger partial charge on any atom is -0.370 e. The quantitative estimate of drug-likeness (QED) is 0.475. The van der Waals surface area contributed by atoms with Crippen LogP contribution in [0.15, 0.2) is 67.0 Å². The zero-order valence-electron chi connectivity index (χ0n) is 18.1. The maximum absolute atomic E-state index is 12.6. The van der Waals surface area contributed by atoms with Gasteiger partial charge in [-0.15, -0.1) is 5.10 Å². The summed E-state index contributed by atoms with van der Waals surface area (Å²) in [5.74, 6) is 0.674. The Hall–Kier alpha value is -3.87. The molecule has 5 rings (SSSR count). The molecule has 4 aromatic rings. The average molecular weight is 427 g/mol. The number of benzene rings is 2. The zero-order valence-corrected chi connectivity index (χ0v) is 18.1. The summed E-state index contributed by atoms with van der Waals surface area (Å²) in [4.78, 5) is 14.9. The molecule has 2 aromatic carbocycles. The van der Waals surface area contributed by atoms with Crippen LogP contribution in [0.1, 0.15) is 18.4 Å². The topological polar surface area (TPSA) is 75.1 Å². The Bertz CT molecular complexity index is 1240. The molecule has 1 aliphatic heterocycles. The third kappa shape index (κ3) is 4.27. The van der Waals surface area contributed by atoms with Crippen molar-refractivity contribution in [3.8, 4) is 0 Å². The number of hydrogen-bond acceptors (Lipinski definition) is 5. The van der Waals surface area contributed by atoms with E-state index in [1.165, 1.54) is 12.8 Å². The fourth-order valence-electron chi connectivity index (χ4n) is 4.30. The first-order valence-corrected chi connectivity index (χ1v) is 10.9. The molecule has 0 atom stereocenters. The number of hydrogen-bond donors (Lipinski definition) is 2. The van der Waals surface area contributed by atoms with Crippen molar-refractivity contribution >= 4 is 39.7 Å². The molecule has 7 nitrogen and oxygen atoms in total. The summed E-state index contributed by atoms with van der Waals surface area (Å²) in [5, 5.41) is 15.7. The smallest absolute Gasteiger partial charge is 0.228 e. The van der Waals surface area contributed by atoms with Crippen LogP contribution < -0.4 is 15.5 Å². The molecular formula is C25H26N6O. The van der Waals surface area contributed by atoms with Crippen LogP contribution in [0.4, 0.5) is 22.9 Å². The van der Waals surface area contributed by atoms with Crippen molar-refractivity contribution in [1.29, 1.82) is 0 Å².